The molecule has 0 saturated carbocycles. The lowest BCUT2D eigenvalue weighted by Gasteiger charge is -2.40. The fourth-order valence-electron chi connectivity index (χ4n) is 2.44. The second-order valence-corrected chi connectivity index (χ2v) is 21.4. The van der Waals surface area contributed by atoms with Crippen LogP contribution in [0.3, 0.4) is 0 Å². The third kappa shape index (κ3) is 9.59. The van der Waals surface area contributed by atoms with Crippen molar-refractivity contribution in [3.05, 3.63) is 12.2 Å². The highest BCUT2D eigenvalue weighted by atomic mass is 28.5. The van der Waals surface area contributed by atoms with Crippen LogP contribution in [0.5, 0.6) is 0 Å². The quantitative estimate of drug-likeness (QED) is 0.375. The van der Waals surface area contributed by atoms with Crippen molar-refractivity contribution in [2.45, 2.75) is 52.1 Å². The molecule has 1 unspecified atom stereocenters. The van der Waals surface area contributed by atoms with Crippen molar-refractivity contribution in [2.24, 2.45) is 0 Å². The summed E-state index contributed by atoms with van der Waals surface area (Å²) in [7, 11) is -8.75. The molecule has 1 atom stereocenters. The van der Waals surface area contributed by atoms with Crippen LogP contribution in [0, 0.1) is 0 Å². The predicted molar refractivity (Wildman–Crippen MR) is 104 cm³/mol. The number of hydrogen-bond acceptors (Lipinski definition) is 6. The molecule has 0 aliphatic carbocycles. The van der Waals surface area contributed by atoms with Gasteiger partial charge in [0.2, 0.25) is 0 Å². The van der Waals surface area contributed by atoms with E-state index >= 15 is 0 Å². The fourth-order valence-corrected chi connectivity index (χ4v) is 19.8. The van der Waals surface area contributed by atoms with E-state index in [4.69, 9.17) is 25.3 Å². The van der Waals surface area contributed by atoms with E-state index in [0.717, 1.165) is 18.0 Å². The van der Waals surface area contributed by atoms with Crippen molar-refractivity contribution in [3.63, 3.8) is 0 Å². The van der Waals surface area contributed by atoms with E-state index in [1.54, 1.807) is 0 Å². The molecule has 1 heterocycles. The van der Waals surface area contributed by atoms with Gasteiger partial charge in [-0.15, -0.1) is 0 Å². The van der Waals surface area contributed by atoms with Crippen molar-refractivity contribution in [1.29, 1.82) is 0 Å². The van der Waals surface area contributed by atoms with Crippen molar-refractivity contribution in [2.75, 3.05) is 13.2 Å². The Kier molecular flexibility index (Phi) is 8.77. The lowest BCUT2D eigenvalue weighted by Crippen LogP contribution is -2.57. The maximum atomic E-state index is 6.45. The molecular weight excluding hydrogens is 381 g/mol. The second kappa shape index (κ2) is 9.33. The summed E-state index contributed by atoms with van der Waals surface area (Å²) in [5.74, 6) is 0. The minimum atomic E-state index is -2.29. The lowest BCUT2D eigenvalue weighted by atomic mass is 10.4. The van der Waals surface area contributed by atoms with Crippen LogP contribution < -0.4 is 0 Å². The van der Waals surface area contributed by atoms with Gasteiger partial charge in [-0.05, 0) is 52.1 Å². The molecule has 6 nitrogen and oxygen atoms in total. The average Bonchev–Trinajstić information content (AvgIpc) is 2.34. The molecule has 1 aliphatic rings. The highest BCUT2D eigenvalue weighted by Crippen LogP contribution is 2.25. The first-order chi connectivity index (χ1) is 10.5. The molecule has 1 fully saturated rings. The molecule has 0 amide bonds. The van der Waals surface area contributed by atoms with Crippen LogP contribution in [-0.4, -0.2) is 58.9 Å². The first-order valence-corrected chi connectivity index (χ1v) is 18.5. The molecule has 0 radical (unpaired) electrons. The van der Waals surface area contributed by atoms with E-state index in [2.05, 4.69) is 39.3 Å². The Bertz CT molecular complexity index is 394. The molecule has 136 valence electrons. The topological polar surface area (TPSA) is 55.4 Å². The molecule has 0 aromatic rings. The SMILES string of the molecule is C=C(C)COCCC[Si]1(C)O[SiH2]O[SiH2]O[Si](C)(C)O[Si](C)(C)O1. The molecule has 0 spiro atoms. The van der Waals surface area contributed by atoms with Gasteiger partial charge in [0.05, 0.1) is 6.61 Å². The van der Waals surface area contributed by atoms with Crippen LogP contribution in [-0.2, 0) is 25.3 Å². The Morgan fingerprint density at radius 1 is 1.00 bits per heavy atom. The highest BCUT2D eigenvalue weighted by molar-refractivity contribution is 6.86. The van der Waals surface area contributed by atoms with Crippen molar-refractivity contribution in [1.82, 2.24) is 0 Å². The first kappa shape index (κ1) is 21.6. The Balaban J connectivity index is 2.60. The van der Waals surface area contributed by atoms with E-state index in [1.807, 2.05) is 6.92 Å². The first-order valence-electron chi connectivity index (χ1n) is 8.02. The molecule has 1 rings (SSSR count). The van der Waals surface area contributed by atoms with E-state index in [1.165, 1.54) is 0 Å². The van der Waals surface area contributed by atoms with Gasteiger partial charge >= 0.3 is 25.7 Å². The normalized spacial score (nSPS) is 30.3. The maximum absolute atomic E-state index is 6.45. The zero-order valence-electron chi connectivity index (χ0n) is 15.4. The summed E-state index contributed by atoms with van der Waals surface area (Å²) in [6.07, 6.45) is 0.920. The molecule has 0 N–H and O–H groups in total. The Morgan fingerprint density at radius 3 is 2.30 bits per heavy atom. The van der Waals surface area contributed by atoms with Gasteiger partial charge in [0.25, 0.3) is 20.0 Å². The Hall–Kier alpha value is 0.584. The number of rotatable bonds is 6. The highest BCUT2D eigenvalue weighted by Gasteiger charge is 2.44. The molecule has 23 heavy (non-hydrogen) atoms. The summed E-state index contributed by atoms with van der Waals surface area (Å²) < 4.78 is 36.0. The maximum Gasteiger partial charge on any atom is 0.317 e. The van der Waals surface area contributed by atoms with Crippen LogP contribution in [0.15, 0.2) is 12.2 Å². The van der Waals surface area contributed by atoms with Gasteiger partial charge < -0.3 is 25.3 Å². The summed E-state index contributed by atoms with van der Waals surface area (Å²) in [6.45, 7) is 17.5. The smallest absolute Gasteiger partial charge is 0.317 e. The number of ether oxygens (including phenoxy) is 1. The molecule has 1 saturated heterocycles. The minimum Gasteiger partial charge on any atom is -0.425 e. The third-order valence-corrected chi connectivity index (χ3v) is 19.5. The molecule has 0 bridgehead atoms. The summed E-state index contributed by atoms with van der Waals surface area (Å²) >= 11 is 0. The monoisotopic (exact) mass is 412 g/mol. The fraction of sp³-hybridized carbons (Fsp3) is 0.833. The van der Waals surface area contributed by atoms with Crippen LogP contribution in [0.2, 0.25) is 38.8 Å². The molecule has 1 aliphatic heterocycles. The van der Waals surface area contributed by atoms with Gasteiger partial charge in [-0.2, -0.15) is 0 Å². The lowest BCUT2D eigenvalue weighted by molar-refractivity contribution is 0.154. The van der Waals surface area contributed by atoms with Gasteiger partial charge in [-0.1, -0.05) is 12.2 Å². The molecule has 11 heteroatoms. The van der Waals surface area contributed by atoms with Gasteiger partial charge in [-0.3, -0.25) is 0 Å². The Morgan fingerprint density at radius 2 is 1.65 bits per heavy atom. The van der Waals surface area contributed by atoms with Gasteiger partial charge in [-0.25, -0.2) is 0 Å². The molecule has 0 aromatic heterocycles. The summed E-state index contributed by atoms with van der Waals surface area (Å²) in [5, 5.41) is 0. The van der Waals surface area contributed by atoms with Crippen LogP contribution in [0.25, 0.3) is 0 Å². The largest absolute Gasteiger partial charge is 0.425 e. The second-order valence-electron chi connectivity index (χ2n) is 6.98. The van der Waals surface area contributed by atoms with E-state index in [9.17, 15) is 0 Å². The average molecular weight is 413 g/mol. The standard InChI is InChI=1S/C12H32O6Si5/c1-12(2)11-13-9-8-10-23(7)16-20-14-19-15-21(3,4)17-22(5,6)18-23/h1,8-11,19-20H2,2-7H3. The van der Waals surface area contributed by atoms with Gasteiger partial charge in [0.1, 0.15) is 0 Å². The third-order valence-electron chi connectivity index (χ3n) is 3.16. The molecule has 0 aromatic carbocycles. The summed E-state index contributed by atoms with van der Waals surface area (Å²) in [6, 6.07) is 0.893. The summed E-state index contributed by atoms with van der Waals surface area (Å²) in [5.41, 5.74) is 1.04. The van der Waals surface area contributed by atoms with E-state index in [-0.39, 0.29) is 0 Å². The van der Waals surface area contributed by atoms with Crippen molar-refractivity contribution < 1.29 is 25.3 Å². The molecular formula is C12H32O6Si5. The van der Waals surface area contributed by atoms with E-state index in [0.29, 0.717) is 13.2 Å². The minimum absolute atomic E-state index is 0.615. The van der Waals surface area contributed by atoms with Gasteiger partial charge in [0, 0.05) is 6.61 Å². The van der Waals surface area contributed by atoms with Gasteiger partial charge in [0.15, 0.2) is 0 Å². The van der Waals surface area contributed by atoms with E-state index < -0.39 is 45.7 Å². The van der Waals surface area contributed by atoms with Crippen molar-refractivity contribution in [3.8, 4) is 0 Å². The van der Waals surface area contributed by atoms with Crippen LogP contribution >= 0.6 is 0 Å². The van der Waals surface area contributed by atoms with Crippen LogP contribution in [0.4, 0.5) is 0 Å². The zero-order valence-corrected chi connectivity index (χ0v) is 21.2. The summed E-state index contributed by atoms with van der Waals surface area (Å²) in [4.78, 5) is 0. The van der Waals surface area contributed by atoms with Crippen LogP contribution in [0.1, 0.15) is 13.3 Å². The zero-order chi connectivity index (χ0) is 17.6. The predicted octanol–water partition coefficient (Wildman–Crippen LogP) is 1.54. The number of hydrogen-bond donors (Lipinski definition) is 0. The van der Waals surface area contributed by atoms with Crippen molar-refractivity contribution >= 4 is 45.7 Å². The Labute approximate surface area is 148 Å².